The van der Waals surface area contributed by atoms with Gasteiger partial charge in [-0.25, -0.2) is 0 Å². The summed E-state index contributed by atoms with van der Waals surface area (Å²) in [6.07, 6.45) is 6.10. The SMILES string of the molecule is Cl.NCc1cnn(C2Cc3ccccc3C2)c1. The summed E-state index contributed by atoms with van der Waals surface area (Å²) in [6.45, 7) is 0.569. The van der Waals surface area contributed by atoms with Gasteiger partial charge in [-0.2, -0.15) is 5.10 Å². The van der Waals surface area contributed by atoms with Gasteiger partial charge in [0.1, 0.15) is 0 Å². The van der Waals surface area contributed by atoms with Crippen molar-refractivity contribution in [2.75, 3.05) is 0 Å². The highest BCUT2D eigenvalue weighted by molar-refractivity contribution is 5.85. The van der Waals surface area contributed by atoms with Crippen LogP contribution in [0.4, 0.5) is 0 Å². The van der Waals surface area contributed by atoms with Crippen LogP contribution in [0.25, 0.3) is 0 Å². The second kappa shape index (κ2) is 4.90. The molecule has 0 spiro atoms. The van der Waals surface area contributed by atoms with Crippen LogP contribution in [0.2, 0.25) is 0 Å². The number of halogens is 1. The van der Waals surface area contributed by atoms with Gasteiger partial charge in [0.05, 0.1) is 12.2 Å². The van der Waals surface area contributed by atoms with Crippen molar-refractivity contribution in [1.29, 1.82) is 0 Å². The highest BCUT2D eigenvalue weighted by Crippen LogP contribution is 2.29. The molecular formula is C13H16ClN3. The first kappa shape index (κ1) is 12.1. The first-order valence-corrected chi connectivity index (χ1v) is 5.66. The number of nitrogens with zero attached hydrogens (tertiary/aromatic N) is 2. The Hall–Kier alpha value is -1.32. The Kier molecular flexibility index (Phi) is 3.50. The molecule has 3 nitrogen and oxygen atoms in total. The molecule has 0 fully saturated rings. The average molecular weight is 250 g/mol. The Morgan fingerprint density at radius 1 is 1.24 bits per heavy atom. The molecule has 1 heterocycles. The van der Waals surface area contributed by atoms with E-state index in [1.54, 1.807) is 0 Å². The van der Waals surface area contributed by atoms with E-state index in [0.29, 0.717) is 12.6 Å². The summed E-state index contributed by atoms with van der Waals surface area (Å²) in [5, 5.41) is 4.39. The van der Waals surface area contributed by atoms with E-state index in [-0.39, 0.29) is 12.4 Å². The Balaban J connectivity index is 0.00000108. The van der Waals surface area contributed by atoms with Crippen LogP contribution in [0, 0.1) is 0 Å². The Morgan fingerprint density at radius 3 is 2.41 bits per heavy atom. The van der Waals surface area contributed by atoms with Gasteiger partial charge in [-0.05, 0) is 24.0 Å². The topological polar surface area (TPSA) is 43.8 Å². The van der Waals surface area contributed by atoms with Crippen molar-refractivity contribution in [2.24, 2.45) is 5.73 Å². The number of nitrogens with two attached hydrogens (primary N) is 1. The molecule has 17 heavy (non-hydrogen) atoms. The van der Waals surface area contributed by atoms with Gasteiger partial charge in [0.25, 0.3) is 0 Å². The fourth-order valence-corrected chi connectivity index (χ4v) is 2.41. The normalized spacial score (nSPS) is 14.4. The fraction of sp³-hybridized carbons (Fsp3) is 0.308. The lowest BCUT2D eigenvalue weighted by Gasteiger charge is -2.08. The molecule has 1 aliphatic carbocycles. The molecule has 0 bridgehead atoms. The van der Waals surface area contributed by atoms with E-state index in [2.05, 4.69) is 40.2 Å². The van der Waals surface area contributed by atoms with E-state index in [1.165, 1.54) is 11.1 Å². The minimum absolute atomic E-state index is 0. The Morgan fingerprint density at radius 2 is 1.88 bits per heavy atom. The highest BCUT2D eigenvalue weighted by Gasteiger charge is 2.22. The zero-order valence-corrected chi connectivity index (χ0v) is 10.4. The fourth-order valence-electron chi connectivity index (χ4n) is 2.41. The first-order valence-electron chi connectivity index (χ1n) is 5.66. The summed E-state index contributed by atoms with van der Waals surface area (Å²) in [5.41, 5.74) is 9.61. The maximum Gasteiger partial charge on any atom is 0.0600 e. The molecule has 0 saturated heterocycles. The largest absolute Gasteiger partial charge is 0.326 e. The highest BCUT2D eigenvalue weighted by atomic mass is 35.5. The summed E-state index contributed by atoms with van der Waals surface area (Å²) >= 11 is 0. The van der Waals surface area contributed by atoms with Crippen LogP contribution in [0.3, 0.4) is 0 Å². The first-order chi connectivity index (χ1) is 7.86. The van der Waals surface area contributed by atoms with E-state index < -0.39 is 0 Å². The van der Waals surface area contributed by atoms with Gasteiger partial charge in [0, 0.05) is 18.3 Å². The maximum atomic E-state index is 5.59. The summed E-state index contributed by atoms with van der Waals surface area (Å²) in [5.74, 6) is 0. The van der Waals surface area contributed by atoms with Crippen molar-refractivity contribution in [3.8, 4) is 0 Å². The molecule has 90 valence electrons. The summed E-state index contributed by atoms with van der Waals surface area (Å²) in [4.78, 5) is 0. The van der Waals surface area contributed by atoms with Gasteiger partial charge in [-0.15, -0.1) is 12.4 Å². The van der Waals surface area contributed by atoms with Crippen LogP contribution in [-0.4, -0.2) is 9.78 Å². The predicted octanol–water partition coefficient (Wildman–Crippen LogP) is 2.10. The van der Waals surface area contributed by atoms with Gasteiger partial charge < -0.3 is 5.73 Å². The van der Waals surface area contributed by atoms with Crippen LogP contribution in [-0.2, 0) is 19.4 Å². The van der Waals surface area contributed by atoms with E-state index in [9.17, 15) is 0 Å². The van der Waals surface area contributed by atoms with Gasteiger partial charge in [0.2, 0.25) is 0 Å². The maximum absolute atomic E-state index is 5.59. The second-order valence-electron chi connectivity index (χ2n) is 4.36. The molecule has 1 aromatic heterocycles. The number of hydrogen-bond donors (Lipinski definition) is 1. The third kappa shape index (κ3) is 2.21. The van der Waals surface area contributed by atoms with Crippen molar-refractivity contribution in [3.05, 3.63) is 53.3 Å². The van der Waals surface area contributed by atoms with Gasteiger partial charge in [0.15, 0.2) is 0 Å². The molecule has 1 aliphatic rings. The van der Waals surface area contributed by atoms with E-state index >= 15 is 0 Å². The predicted molar refractivity (Wildman–Crippen MR) is 70.3 cm³/mol. The van der Waals surface area contributed by atoms with Crippen LogP contribution in [0.5, 0.6) is 0 Å². The monoisotopic (exact) mass is 249 g/mol. The third-order valence-electron chi connectivity index (χ3n) is 3.29. The van der Waals surface area contributed by atoms with E-state index in [1.807, 2.05) is 6.20 Å². The van der Waals surface area contributed by atoms with Crippen molar-refractivity contribution in [3.63, 3.8) is 0 Å². The van der Waals surface area contributed by atoms with E-state index in [4.69, 9.17) is 5.73 Å². The van der Waals surface area contributed by atoms with Crippen LogP contribution < -0.4 is 5.73 Å². The zero-order valence-electron chi connectivity index (χ0n) is 9.54. The molecule has 0 radical (unpaired) electrons. The minimum Gasteiger partial charge on any atom is -0.326 e. The number of aromatic nitrogens is 2. The molecule has 4 heteroatoms. The summed E-state index contributed by atoms with van der Waals surface area (Å²) in [6, 6.07) is 9.11. The number of hydrogen-bond acceptors (Lipinski definition) is 2. The molecule has 1 aromatic carbocycles. The Labute approximate surface area is 107 Å². The summed E-state index contributed by atoms with van der Waals surface area (Å²) in [7, 11) is 0. The van der Waals surface area contributed by atoms with Gasteiger partial charge in [-0.3, -0.25) is 4.68 Å². The molecule has 3 rings (SSSR count). The van der Waals surface area contributed by atoms with Gasteiger partial charge in [-0.1, -0.05) is 24.3 Å². The standard InChI is InChI=1S/C13H15N3.ClH/c14-7-10-8-15-16(9-10)13-5-11-3-1-2-4-12(11)6-13;/h1-4,8-9,13H,5-7,14H2;1H. The van der Waals surface area contributed by atoms with Crippen molar-refractivity contribution >= 4 is 12.4 Å². The molecule has 2 aromatic rings. The smallest absolute Gasteiger partial charge is 0.0600 e. The molecule has 0 unspecified atom stereocenters. The Bertz CT molecular complexity index is 482. The van der Waals surface area contributed by atoms with Crippen molar-refractivity contribution in [2.45, 2.75) is 25.4 Å². The van der Waals surface area contributed by atoms with E-state index in [0.717, 1.165) is 18.4 Å². The lowest BCUT2D eigenvalue weighted by atomic mass is 10.1. The molecule has 0 saturated carbocycles. The lowest BCUT2D eigenvalue weighted by molar-refractivity contribution is 0.475. The van der Waals surface area contributed by atoms with Crippen LogP contribution >= 0.6 is 12.4 Å². The molecular weight excluding hydrogens is 234 g/mol. The third-order valence-corrected chi connectivity index (χ3v) is 3.29. The average Bonchev–Trinajstić information content (AvgIpc) is 2.95. The quantitative estimate of drug-likeness (QED) is 0.886. The van der Waals surface area contributed by atoms with Gasteiger partial charge >= 0.3 is 0 Å². The number of benzene rings is 1. The number of fused-ring (bicyclic) bond motifs is 1. The minimum atomic E-state index is 0. The van der Waals surface area contributed by atoms with Crippen molar-refractivity contribution < 1.29 is 0 Å². The van der Waals surface area contributed by atoms with Crippen LogP contribution in [0.15, 0.2) is 36.7 Å². The zero-order chi connectivity index (χ0) is 11.0. The van der Waals surface area contributed by atoms with Crippen molar-refractivity contribution in [1.82, 2.24) is 9.78 Å². The summed E-state index contributed by atoms with van der Waals surface area (Å²) < 4.78 is 2.06. The molecule has 0 aliphatic heterocycles. The van der Waals surface area contributed by atoms with Crippen LogP contribution in [0.1, 0.15) is 22.7 Å². The molecule has 0 atom stereocenters. The lowest BCUT2D eigenvalue weighted by Crippen LogP contribution is -2.09. The molecule has 2 N–H and O–H groups in total. The number of rotatable bonds is 2. The molecule has 0 amide bonds. The second-order valence-corrected chi connectivity index (χ2v) is 4.36.